The first-order valence-electron chi connectivity index (χ1n) is 8.52. The molecular weight excluding hydrogens is 368 g/mol. The van der Waals surface area contributed by atoms with Gasteiger partial charge in [0.15, 0.2) is 4.77 Å². The van der Waals surface area contributed by atoms with E-state index in [1.165, 1.54) is 13.2 Å². The normalized spacial score (nSPS) is 18.5. The maximum atomic E-state index is 12.4. The minimum absolute atomic E-state index is 0.0220. The average Bonchev–Trinajstić information content (AvgIpc) is 2.62. The molecule has 1 aliphatic rings. The van der Waals surface area contributed by atoms with E-state index < -0.39 is 0 Å². The Hall–Kier alpha value is -2.65. The molecule has 0 unspecified atom stereocenters. The molecule has 1 fully saturated rings. The van der Waals surface area contributed by atoms with Crippen LogP contribution in [-0.2, 0) is 11.3 Å². The van der Waals surface area contributed by atoms with Crippen molar-refractivity contribution in [3.05, 3.63) is 39.4 Å². The number of rotatable bonds is 6. The fraction of sp³-hybridized carbons (Fsp3) is 0.389. The van der Waals surface area contributed by atoms with E-state index >= 15 is 0 Å². The summed E-state index contributed by atoms with van der Waals surface area (Å²) in [5, 5.41) is 2.93. The van der Waals surface area contributed by atoms with E-state index in [1.54, 1.807) is 29.9 Å². The molecule has 27 heavy (non-hydrogen) atoms. The zero-order valence-corrected chi connectivity index (χ0v) is 16.0. The lowest BCUT2D eigenvalue weighted by Crippen LogP contribution is -2.51. The van der Waals surface area contributed by atoms with Gasteiger partial charge in [-0.15, -0.1) is 0 Å². The Bertz CT molecular complexity index is 963. The summed E-state index contributed by atoms with van der Waals surface area (Å²) in [4.78, 5) is 27.0. The highest BCUT2D eigenvalue weighted by atomic mass is 32.1. The number of methoxy groups -OCH3 is 2. The monoisotopic (exact) mass is 390 g/mol. The topological polar surface area (TPSA) is 111 Å². The van der Waals surface area contributed by atoms with Crippen molar-refractivity contribution in [3.63, 3.8) is 0 Å². The van der Waals surface area contributed by atoms with Crippen molar-refractivity contribution in [1.82, 2.24) is 14.9 Å². The summed E-state index contributed by atoms with van der Waals surface area (Å²) in [5.74, 6) is 0.932. The highest BCUT2D eigenvalue weighted by molar-refractivity contribution is 7.71. The Morgan fingerprint density at radius 3 is 2.70 bits per heavy atom. The number of carbonyl (C=O) groups excluding carboxylic acids is 1. The zero-order valence-electron chi connectivity index (χ0n) is 15.2. The quantitative estimate of drug-likeness (QED) is 0.639. The van der Waals surface area contributed by atoms with Crippen molar-refractivity contribution < 1.29 is 14.3 Å². The molecule has 9 heteroatoms. The van der Waals surface area contributed by atoms with Gasteiger partial charge in [-0.05, 0) is 37.2 Å². The van der Waals surface area contributed by atoms with Gasteiger partial charge in [-0.3, -0.25) is 14.6 Å². The first-order chi connectivity index (χ1) is 12.9. The average molecular weight is 390 g/mol. The molecule has 1 saturated carbocycles. The van der Waals surface area contributed by atoms with E-state index in [9.17, 15) is 9.59 Å². The Morgan fingerprint density at radius 2 is 2.07 bits per heavy atom. The van der Waals surface area contributed by atoms with Gasteiger partial charge in [0.05, 0.1) is 19.9 Å². The lowest BCUT2D eigenvalue weighted by atomic mass is 9.88. The molecule has 1 aromatic heterocycles. The Labute approximate surface area is 161 Å². The van der Waals surface area contributed by atoms with Gasteiger partial charge in [0, 0.05) is 29.8 Å². The van der Waals surface area contributed by atoms with Crippen molar-refractivity contribution in [1.29, 1.82) is 0 Å². The van der Waals surface area contributed by atoms with Crippen molar-refractivity contribution in [2.75, 3.05) is 14.2 Å². The number of nitrogens with two attached hydrogens (primary N) is 1. The van der Waals surface area contributed by atoms with E-state index in [4.69, 9.17) is 27.4 Å². The predicted octanol–water partition coefficient (Wildman–Crippen LogP) is 1.20. The molecule has 0 atom stereocenters. The van der Waals surface area contributed by atoms with E-state index in [0.29, 0.717) is 22.8 Å². The van der Waals surface area contributed by atoms with E-state index in [2.05, 4.69) is 10.3 Å². The summed E-state index contributed by atoms with van der Waals surface area (Å²) in [6.45, 7) is -0.0220. The number of benzene rings is 1. The second-order valence-electron chi connectivity index (χ2n) is 6.47. The fourth-order valence-corrected chi connectivity index (χ4v) is 3.37. The number of carbonyl (C=O) groups is 1. The molecule has 1 heterocycles. The van der Waals surface area contributed by atoms with Crippen molar-refractivity contribution >= 4 is 18.1 Å². The lowest BCUT2D eigenvalue weighted by molar-refractivity contribution is -0.123. The fourth-order valence-electron chi connectivity index (χ4n) is 3.11. The van der Waals surface area contributed by atoms with Gasteiger partial charge in [-0.25, -0.2) is 0 Å². The number of aromatic amines is 1. The van der Waals surface area contributed by atoms with Crippen LogP contribution in [0.5, 0.6) is 11.5 Å². The van der Waals surface area contributed by atoms with Crippen molar-refractivity contribution in [2.45, 2.75) is 31.5 Å². The molecule has 0 radical (unpaired) electrons. The standard InChI is InChI=1S/C18H22N4O4S/c1-25-12-3-4-13(15(7-12)26-2)14-8-16(23)21-18(27)22(14)9-17(24)20-11-5-10(19)6-11/h3-4,7-8,10-11H,5-6,9,19H2,1-2H3,(H,20,24)(H,21,23,27)/t10-,11+. The van der Waals surface area contributed by atoms with Crippen LogP contribution in [0.15, 0.2) is 29.1 Å². The molecule has 0 spiro atoms. The van der Waals surface area contributed by atoms with E-state index in [1.807, 2.05) is 0 Å². The Balaban J connectivity index is 1.97. The van der Waals surface area contributed by atoms with Gasteiger partial charge >= 0.3 is 0 Å². The maximum absolute atomic E-state index is 12.4. The second-order valence-corrected chi connectivity index (χ2v) is 6.86. The van der Waals surface area contributed by atoms with Gasteiger partial charge in [0.25, 0.3) is 5.56 Å². The number of hydrogen-bond donors (Lipinski definition) is 3. The van der Waals surface area contributed by atoms with Crippen LogP contribution in [0, 0.1) is 4.77 Å². The molecule has 0 bridgehead atoms. The number of H-pyrrole nitrogens is 1. The number of aromatic nitrogens is 2. The Kier molecular flexibility index (Phi) is 5.62. The van der Waals surface area contributed by atoms with Crippen molar-refractivity contribution in [2.24, 2.45) is 5.73 Å². The van der Waals surface area contributed by atoms with Gasteiger partial charge in [0.1, 0.15) is 18.0 Å². The van der Waals surface area contributed by atoms with Gasteiger partial charge in [-0.1, -0.05) is 0 Å². The molecule has 1 amide bonds. The molecule has 8 nitrogen and oxygen atoms in total. The lowest BCUT2D eigenvalue weighted by Gasteiger charge is -2.33. The maximum Gasteiger partial charge on any atom is 0.252 e. The summed E-state index contributed by atoms with van der Waals surface area (Å²) < 4.78 is 12.4. The molecule has 0 aliphatic heterocycles. The van der Waals surface area contributed by atoms with Crippen LogP contribution in [0.3, 0.4) is 0 Å². The summed E-state index contributed by atoms with van der Waals surface area (Å²) in [5.41, 5.74) is 6.53. The first kappa shape index (κ1) is 19.1. The van der Waals surface area contributed by atoms with Crippen LogP contribution in [0.1, 0.15) is 12.8 Å². The zero-order chi connectivity index (χ0) is 19.6. The number of nitrogens with one attached hydrogen (secondary N) is 2. The molecule has 1 aromatic carbocycles. The molecule has 4 N–H and O–H groups in total. The van der Waals surface area contributed by atoms with Crippen LogP contribution < -0.4 is 26.1 Å². The SMILES string of the molecule is COc1ccc(-c2cc(=O)[nH]c(=S)n2CC(=O)N[C@H]2C[C@@H](N)C2)c(OC)c1. The number of amides is 1. The summed E-state index contributed by atoms with van der Waals surface area (Å²) in [6, 6.07) is 6.85. The first-order valence-corrected chi connectivity index (χ1v) is 8.93. The van der Waals surface area contributed by atoms with E-state index in [0.717, 1.165) is 12.8 Å². The highest BCUT2D eigenvalue weighted by Crippen LogP contribution is 2.32. The van der Waals surface area contributed by atoms with Crippen LogP contribution in [-0.4, -0.2) is 41.8 Å². The van der Waals surface area contributed by atoms with Gasteiger partial charge in [0.2, 0.25) is 5.91 Å². The smallest absolute Gasteiger partial charge is 0.252 e. The predicted molar refractivity (Wildman–Crippen MR) is 104 cm³/mol. The number of hydrogen-bond acceptors (Lipinski definition) is 6. The summed E-state index contributed by atoms with van der Waals surface area (Å²) >= 11 is 5.29. The number of nitrogens with zero attached hydrogens (tertiary/aromatic N) is 1. The van der Waals surface area contributed by atoms with Crippen LogP contribution in [0.25, 0.3) is 11.3 Å². The summed E-state index contributed by atoms with van der Waals surface area (Å²) in [6.07, 6.45) is 1.53. The van der Waals surface area contributed by atoms with Gasteiger partial charge < -0.3 is 25.1 Å². The third-order valence-corrected chi connectivity index (χ3v) is 4.88. The van der Waals surface area contributed by atoms with Crippen LogP contribution >= 0.6 is 12.2 Å². The molecule has 0 saturated heterocycles. The van der Waals surface area contributed by atoms with Crippen LogP contribution in [0.2, 0.25) is 0 Å². The molecular formula is C18H22N4O4S. The third-order valence-electron chi connectivity index (χ3n) is 4.56. The minimum atomic E-state index is -0.352. The largest absolute Gasteiger partial charge is 0.497 e. The molecule has 3 rings (SSSR count). The van der Waals surface area contributed by atoms with Crippen molar-refractivity contribution in [3.8, 4) is 22.8 Å². The second kappa shape index (κ2) is 7.93. The third kappa shape index (κ3) is 4.20. The highest BCUT2D eigenvalue weighted by Gasteiger charge is 2.27. The van der Waals surface area contributed by atoms with Gasteiger partial charge in [-0.2, -0.15) is 0 Å². The number of ether oxygens (including phenoxy) is 2. The molecule has 2 aromatic rings. The minimum Gasteiger partial charge on any atom is -0.497 e. The van der Waals surface area contributed by atoms with E-state index in [-0.39, 0.29) is 34.9 Å². The van der Waals surface area contributed by atoms with Crippen LogP contribution in [0.4, 0.5) is 0 Å². The molecule has 144 valence electrons. The Morgan fingerprint density at radius 1 is 1.33 bits per heavy atom. The molecule has 1 aliphatic carbocycles. The summed E-state index contributed by atoms with van der Waals surface area (Å²) in [7, 11) is 3.08.